The lowest BCUT2D eigenvalue weighted by molar-refractivity contribution is 0.0680. The van der Waals surface area contributed by atoms with Gasteiger partial charge in [0.1, 0.15) is 11.4 Å². The second-order valence-electron chi connectivity index (χ2n) is 8.24. The van der Waals surface area contributed by atoms with Crippen LogP contribution in [0.2, 0.25) is 5.02 Å². The van der Waals surface area contributed by atoms with Gasteiger partial charge < -0.3 is 14.4 Å². The lowest BCUT2D eigenvalue weighted by atomic mass is 10.1. The number of halogens is 1. The Labute approximate surface area is 210 Å². The van der Waals surface area contributed by atoms with Gasteiger partial charge in [-0.15, -0.1) is 0 Å². The molecule has 0 bridgehead atoms. The standard InChI is InChI=1S/C28H28ClN3O3/c1-20-10-9-13-22(18-20)35-28-24(26(30-31(28)2)21-11-5-4-6-12-21)19-32(16-17-34-3)27(33)23-14-7-8-15-25(23)29/h4-15,18H,16-17,19H2,1-3H3. The van der Waals surface area contributed by atoms with Crippen LogP contribution in [0.25, 0.3) is 11.3 Å². The highest BCUT2D eigenvalue weighted by Gasteiger charge is 2.26. The molecule has 35 heavy (non-hydrogen) atoms. The van der Waals surface area contributed by atoms with Gasteiger partial charge in [0, 0.05) is 26.3 Å². The van der Waals surface area contributed by atoms with E-state index in [2.05, 4.69) is 0 Å². The van der Waals surface area contributed by atoms with Gasteiger partial charge in [0.25, 0.3) is 5.91 Å². The molecule has 0 saturated heterocycles. The fourth-order valence-electron chi connectivity index (χ4n) is 3.89. The van der Waals surface area contributed by atoms with Crippen LogP contribution in [0.15, 0.2) is 78.9 Å². The second kappa shape index (κ2) is 11.2. The molecule has 3 aromatic carbocycles. The van der Waals surface area contributed by atoms with E-state index >= 15 is 0 Å². The molecule has 0 radical (unpaired) electrons. The van der Waals surface area contributed by atoms with Gasteiger partial charge in [0.15, 0.2) is 0 Å². The summed E-state index contributed by atoms with van der Waals surface area (Å²) in [7, 11) is 3.46. The first kappa shape index (κ1) is 24.5. The van der Waals surface area contributed by atoms with Crippen molar-refractivity contribution in [3.63, 3.8) is 0 Å². The average Bonchev–Trinajstić information content (AvgIpc) is 3.17. The van der Waals surface area contributed by atoms with Crippen LogP contribution in [-0.2, 0) is 18.3 Å². The van der Waals surface area contributed by atoms with Crippen molar-refractivity contribution in [2.24, 2.45) is 7.05 Å². The molecule has 0 spiro atoms. The van der Waals surface area contributed by atoms with Crippen LogP contribution in [0.4, 0.5) is 0 Å². The number of methoxy groups -OCH3 is 1. The maximum Gasteiger partial charge on any atom is 0.255 e. The fourth-order valence-corrected chi connectivity index (χ4v) is 4.11. The van der Waals surface area contributed by atoms with Crippen LogP contribution in [0.1, 0.15) is 21.5 Å². The average molecular weight is 490 g/mol. The van der Waals surface area contributed by atoms with Gasteiger partial charge in [-0.2, -0.15) is 5.10 Å². The molecule has 0 saturated carbocycles. The molecule has 0 fully saturated rings. The van der Waals surface area contributed by atoms with E-state index in [0.29, 0.717) is 35.4 Å². The predicted octanol–water partition coefficient (Wildman–Crippen LogP) is 6.13. The third kappa shape index (κ3) is 5.73. The van der Waals surface area contributed by atoms with Gasteiger partial charge in [-0.25, -0.2) is 4.68 Å². The number of hydrogen-bond acceptors (Lipinski definition) is 4. The Hall–Kier alpha value is -3.61. The molecule has 4 aromatic rings. The molecule has 1 heterocycles. The minimum Gasteiger partial charge on any atom is -0.439 e. The van der Waals surface area contributed by atoms with Crippen LogP contribution in [0.5, 0.6) is 11.6 Å². The van der Waals surface area contributed by atoms with Crippen molar-refractivity contribution in [1.29, 1.82) is 0 Å². The number of carbonyl (C=O) groups is 1. The van der Waals surface area contributed by atoms with Crippen molar-refractivity contribution in [3.8, 4) is 22.9 Å². The van der Waals surface area contributed by atoms with E-state index in [0.717, 1.165) is 22.4 Å². The summed E-state index contributed by atoms with van der Waals surface area (Å²) in [5.74, 6) is 1.09. The van der Waals surface area contributed by atoms with E-state index in [4.69, 9.17) is 26.2 Å². The van der Waals surface area contributed by atoms with Crippen molar-refractivity contribution < 1.29 is 14.3 Å². The minimum absolute atomic E-state index is 0.183. The molecule has 1 amide bonds. The monoisotopic (exact) mass is 489 g/mol. The van der Waals surface area contributed by atoms with Crippen LogP contribution in [0, 0.1) is 6.92 Å². The third-order valence-electron chi connectivity index (χ3n) is 5.64. The molecule has 0 unspecified atom stereocenters. The molecule has 1 aromatic heterocycles. The number of nitrogens with zero attached hydrogens (tertiary/aromatic N) is 3. The van der Waals surface area contributed by atoms with E-state index in [1.165, 1.54) is 0 Å². The van der Waals surface area contributed by atoms with Crippen LogP contribution in [0.3, 0.4) is 0 Å². The lowest BCUT2D eigenvalue weighted by Gasteiger charge is -2.24. The summed E-state index contributed by atoms with van der Waals surface area (Å²) in [5.41, 5.74) is 4.03. The number of aryl methyl sites for hydroxylation is 2. The van der Waals surface area contributed by atoms with Gasteiger partial charge in [-0.1, -0.05) is 66.2 Å². The molecule has 0 N–H and O–H groups in total. The Morgan fingerprint density at radius 1 is 1.03 bits per heavy atom. The van der Waals surface area contributed by atoms with Crippen molar-refractivity contribution in [1.82, 2.24) is 14.7 Å². The molecule has 180 valence electrons. The predicted molar refractivity (Wildman–Crippen MR) is 138 cm³/mol. The van der Waals surface area contributed by atoms with Crippen molar-refractivity contribution >= 4 is 17.5 Å². The summed E-state index contributed by atoms with van der Waals surface area (Å²) in [4.78, 5) is 15.3. The summed E-state index contributed by atoms with van der Waals surface area (Å²) in [5, 5.41) is 5.19. The molecule has 0 aliphatic carbocycles. The van der Waals surface area contributed by atoms with Gasteiger partial charge >= 0.3 is 0 Å². The Morgan fingerprint density at radius 3 is 2.49 bits per heavy atom. The number of hydrogen-bond donors (Lipinski definition) is 0. The number of amides is 1. The highest BCUT2D eigenvalue weighted by atomic mass is 35.5. The summed E-state index contributed by atoms with van der Waals surface area (Å²) < 4.78 is 13.4. The molecule has 4 rings (SSSR count). The van der Waals surface area contributed by atoms with Crippen molar-refractivity contribution in [2.45, 2.75) is 13.5 Å². The van der Waals surface area contributed by atoms with Crippen LogP contribution < -0.4 is 4.74 Å². The Morgan fingerprint density at radius 2 is 1.77 bits per heavy atom. The highest BCUT2D eigenvalue weighted by Crippen LogP contribution is 2.35. The van der Waals surface area contributed by atoms with E-state index < -0.39 is 0 Å². The molecule has 6 nitrogen and oxygen atoms in total. The Bertz CT molecular complexity index is 1300. The van der Waals surface area contributed by atoms with Crippen molar-refractivity contribution in [3.05, 3.63) is 101 Å². The molecular formula is C28H28ClN3O3. The van der Waals surface area contributed by atoms with Gasteiger partial charge in [0.2, 0.25) is 5.88 Å². The third-order valence-corrected chi connectivity index (χ3v) is 5.97. The number of benzene rings is 3. The van der Waals surface area contributed by atoms with E-state index in [1.54, 1.807) is 41.0 Å². The number of carbonyl (C=O) groups excluding carboxylic acids is 1. The van der Waals surface area contributed by atoms with E-state index in [-0.39, 0.29) is 12.5 Å². The Balaban J connectivity index is 1.78. The van der Waals surface area contributed by atoms with Crippen LogP contribution >= 0.6 is 11.6 Å². The zero-order valence-electron chi connectivity index (χ0n) is 20.1. The highest BCUT2D eigenvalue weighted by molar-refractivity contribution is 6.33. The molecule has 0 aliphatic heterocycles. The molecule has 0 aliphatic rings. The zero-order valence-corrected chi connectivity index (χ0v) is 20.8. The summed E-state index contributed by atoms with van der Waals surface area (Å²) >= 11 is 6.36. The maximum atomic E-state index is 13.6. The van der Waals surface area contributed by atoms with Gasteiger partial charge in [-0.3, -0.25) is 4.79 Å². The quantitative estimate of drug-likeness (QED) is 0.284. The number of aromatic nitrogens is 2. The SMILES string of the molecule is COCCN(Cc1c(-c2ccccc2)nn(C)c1Oc1cccc(C)c1)C(=O)c1ccccc1Cl. The summed E-state index contributed by atoms with van der Waals surface area (Å²) in [6.07, 6.45) is 0. The largest absolute Gasteiger partial charge is 0.439 e. The topological polar surface area (TPSA) is 56.6 Å². The van der Waals surface area contributed by atoms with E-state index in [9.17, 15) is 4.79 Å². The zero-order chi connectivity index (χ0) is 24.8. The summed E-state index contributed by atoms with van der Waals surface area (Å²) in [6.45, 7) is 3.05. The van der Waals surface area contributed by atoms with E-state index in [1.807, 2.05) is 68.6 Å². The Kier molecular flexibility index (Phi) is 7.85. The normalized spacial score (nSPS) is 10.9. The van der Waals surface area contributed by atoms with Gasteiger partial charge in [0.05, 0.1) is 29.3 Å². The first-order chi connectivity index (χ1) is 17.0. The second-order valence-corrected chi connectivity index (χ2v) is 8.65. The first-order valence-electron chi connectivity index (χ1n) is 11.4. The number of rotatable bonds is 9. The lowest BCUT2D eigenvalue weighted by Crippen LogP contribution is -2.33. The van der Waals surface area contributed by atoms with Gasteiger partial charge in [-0.05, 0) is 36.8 Å². The smallest absolute Gasteiger partial charge is 0.255 e. The first-order valence-corrected chi connectivity index (χ1v) is 11.7. The molecule has 7 heteroatoms. The molecular weight excluding hydrogens is 462 g/mol. The van der Waals surface area contributed by atoms with Crippen molar-refractivity contribution in [2.75, 3.05) is 20.3 Å². The summed E-state index contributed by atoms with van der Waals surface area (Å²) in [6, 6.07) is 24.8. The number of ether oxygens (including phenoxy) is 2. The van der Waals surface area contributed by atoms with Crippen LogP contribution in [-0.4, -0.2) is 40.8 Å². The fraction of sp³-hybridized carbons (Fsp3) is 0.214. The minimum atomic E-state index is -0.183. The molecule has 0 atom stereocenters. The maximum absolute atomic E-state index is 13.6.